The highest BCUT2D eigenvalue weighted by atomic mass is 32.1. The molecule has 3 rings (SSSR count). The summed E-state index contributed by atoms with van der Waals surface area (Å²) >= 11 is 1.67. The number of hydrogen-bond donors (Lipinski definition) is 0. The summed E-state index contributed by atoms with van der Waals surface area (Å²) in [5, 5.41) is 6.44. The van der Waals surface area contributed by atoms with Gasteiger partial charge in [-0.05, 0) is 30.0 Å². The molecule has 0 aliphatic heterocycles. The average molecular weight is 286 g/mol. The Balaban J connectivity index is 2.00. The zero-order chi connectivity index (χ0) is 13.9. The van der Waals surface area contributed by atoms with Crippen molar-refractivity contribution >= 4 is 11.3 Å². The minimum atomic E-state index is 0.483. The lowest BCUT2D eigenvalue weighted by atomic mass is 10.2. The molecule has 0 amide bonds. The number of rotatable bonds is 4. The van der Waals surface area contributed by atoms with Crippen molar-refractivity contribution in [3.05, 3.63) is 47.2 Å². The first-order chi connectivity index (χ1) is 9.78. The van der Waals surface area contributed by atoms with Crippen LogP contribution in [0.3, 0.4) is 0 Å². The van der Waals surface area contributed by atoms with E-state index < -0.39 is 0 Å². The van der Waals surface area contributed by atoms with Crippen LogP contribution < -0.4 is 0 Å². The van der Waals surface area contributed by atoms with Crippen molar-refractivity contribution in [2.75, 3.05) is 7.11 Å². The molecular weight excluding hydrogens is 272 g/mol. The van der Waals surface area contributed by atoms with E-state index in [-0.39, 0.29) is 0 Å². The molecular formula is C14H14N4OS. The fraction of sp³-hybridized carbons (Fsp3) is 0.214. The Kier molecular flexibility index (Phi) is 3.58. The second-order valence-electron chi connectivity index (χ2n) is 4.36. The van der Waals surface area contributed by atoms with Gasteiger partial charge in [0, 0.05) is 19.5 Å². The Labute approximate surface area is 120 Å². The Morgan fingerprint density at radius 1 is 1.35 bits per heavy atom. The Hall–Kier alpha value is -2.05. The van der Waals surface area contributed by atoms with Crippen molar-refractivity contribution in [3.63, 3.8) is 0 Å². The first-order valence-electron chi connectivity index (χ1n) is 6.19. The molecule has 0 aliphatic carbocycles. The largest absolute Gasteiger partial charge is 0.378 e. The van der Waals surface area contributed by atoms with Gasteiger partial charge in [-0.15, -0.1) is 11.3 Å². The third-order valence-electron chi connectivity index (χ3n) is 2.86. The van der Waals surface area contributed by atoms with Crippen LogP contribution in [0.5, 0.6) is 0 Å². The summed E-state index contributed by atoms with van der Waals surface area (Å²) in [4.78, 5) is 10.1. The third-order valence-corrected chi connectivity index (χ3v) is 3.73. The number of methoxy groups -OCH3 is 1. The summed E-state index contributed by atoms with van der Waals surface area (Å²) in [6.45, 7) is 2.49. The minimum absolute atomic E-state index is 0.483. The van der Waals surface area contributed by atoms with Crippen LogP contribution in [0.15, 0.2) is 36.0 Å². The van der Waals surface area contributed by atoms with Gasteiger partial charge < -0.3 is 4.74 Å². The van der Waals surface area contributed by atoms with Gasteiger partial charge in [0.1, 0.15) is 0 Å². The molecule has 3 aromatic heterocycles. The molecule has 20 heavy (non-hydrogen) atoms. The first-order valence-corrected chi connectivity index (χ1v) is 7.07. The molecule has 102 valence electrons. The van der Waals surface area contributed by atoms with Crippen molar-refractivity contribution in [2.24, 2.45) is 0 Å². The molecule has 0 atom stereocenters. The molecule has 0 aliphatic rings. The summed E-state index contributed by atoms with van der Waals surface area (Å²) in [5.74, 6) is 0.571. The zero-order valence-corrected chi connectivity index (χ0v) is 12.1. The smallest absolute Gasteiger partial charge is 0.251 e. The molecule has 0 saturated heterocycles. The summed E-state index contributed by atoms with van der Waals surface area (Å²) < 4.78 is 6.74. The van der Waals surface area contributed by atoms with Crippen molar-refractivity contribution in [1.82, 2.24) is 19.7 Å². The lowest BCUT2D eigenvalue weighted by Crippen LogP contribution is -2.04. The lowest BCUT2D eigenvalue weighted by molar-refractivity contribution is 0.181. The van der Waals surface area contributed by atoms with Gasteiger partial charge in [0.25, 0.3) is 5.95 Å². The monoisotopic (exact) mass is 286 g/mol. The van der Waals surface area contributed by atoms with Crippen molar-refractivity contribution in [2.45, 2.75) is 13.5 Å². The van der Waals surface area contributed by atoms with E-state index in [4.69, 9.17) is 4.74 Å². The maximum Gasteiger partial charge on any atom is 0.251 e. The second-order valence-corrected chi connectivity index (χ2v) is 5.31. The van der Waals surface area contributed by atoms with Crippen molar-refractivity contribution in [1.29, 1.82) is 0 Å². The van der Waals surface area contributed by atoms with E-state index >= 15 is 0 Å². The summed E-state index contributed by atoms with van der Waals surface area (Å²) in [6, 6.07) is 5.98. The highest BCUT2D eigenvalue weighted by Gasteiger charge is 2.09. The molecule has 0 unspecified atom stereocenters. The first kappa shape index (κ1) is 13.0. The predicted octanol–water partition coefficient (Wildman–Crippen LogP) is 2.85. The van der Waals surface area contributed by atoms with Gasteiger partial charge in [0.15, 0.2) is 0 Å². The third kappa shape index (κ3) is 2.48. The molecule has 0 saturated carbocycles. The van der Waals surface area contributed by atoms with E-state index in [1.807, 2.05) is 36.8 Å². The molecule has 6 heteroatoms. The number of aromatic nitrogens is 4. The van der Waals surface area contributed by atoms with E-state index in [0.29, 0.717) is 12.6 Å². The van der Waals surface area contributed by atoms with Crippen molar-refractivity contribution < 1.29 is 4.74 Å². The van der Waals surface area contributed by atoms with Gasteiger partial charge in [-0.1, -0.05) is 6.07 Å². The van der Waals surface area contributed by atoms with Crippen LogP contribution in [0.1, 0.15) is 11.3 Å². The SMILES string of the molecule is COCc1ccn(-c2ncc(C)c(-c3cccs3)n2)n1. The van der Waals surface area contributed by atoms with Gasteiger partial charge in [-0.25, -0.2) is 14.6 Å². The number of ether oxygens (including phenoxy) is 1. The molecule has 0 spiro atoms. The summed E-state index contributed by atoms with van der Waals surface area (Å²) in [7, 11) is 1.65. The van der Waals surface area contributed by atoms with E-state index in [0.717, 1.165) is 21.8 Å². The van der Waals surface area contributed by atoms with Gasteiger partial charge in [-0.2, -0.15) is 5.10 Å². The Bertz CT molecular complexity index is 706. The van der Waals surface area contributed by atoms with E-state index in [9.17, 15) is 0 Å². The quantitative estimate of drug-likeness (QED) is 0.740. The number of thiophene rings is 1. The molecule has 3 aromatic rings. The highest BCUT2D eigenvalue weighted by molar-refractivity contribution is 7.13. The number of hydrogen-bond acceptors (Lipinski definition) is 5. The Morgan fingerprint density at radius 3 is 3.00 bits per heavy atom. The zero-order valence-electron chi connectivity index (χ0n) is 11.3. The van der Waals surface area contributed by atoms with E-state index in [1.54, 1.807) is 23.1 Å². The Morgan fingerprint density at radius 2 is 2.25 bits per heavy atom. The average Bonchev–Trinajstić information content (AvgIpc) is 3.11. The molecule has 0 fully saturated rings. The standard InChI is InChI=1S/C14H14N4OS/c1-10-8-15-14(16-13(10)12-4-3-7-20-12)18-6-5-11(17-18)9-19-2/h3-8H,9H2,1-2H3. The van der Waals surface area contributed by atoms with Crippen molar-refractivity contribution in [3.8, 4) is 16.5 Å². The van der Waals surface area contributed by atoms with Crippen LogP contribution in [0.2, 0.25) is 0 Å². The van der Waals surface area contributed by atoms with Crippen LogP contribution in [0.25, 0.3) is 16.5 Å². The number of aryl methyl sites for hydroxylation is 1. The topological polar surface area (TPSA) is 52.8 Å². The molecule has 0 bridgehead atoms. The maximum absolute atomic E-state index is 5.06. The van der Waals surface area contributed by atoms with Crippen LogP contribution in [-0.2, 0) is 11.3 Å². The van der Waals surface area contributed by atoms with Crippen LogP contribution in [0, 0.1) is 6.92 Å². The molecule has 5 nitrogen and oxygen atoms in total. The van der Waals surface area contributed by atoms with Gasteiger partial charge in [0.05, 0.1) is 22.9 Å². The fourth-order valence-corrected chi connectivity index (χ4v) is 2.68. The van der Waals surface area contributed by atoms with Crippen LogP contribution >= 0.6 is 11.3 Å². The molecule has 0 N–H and O–H groups in total. The maximum atomic E-state index is 5.06. The van der Waals surface area contributed by atoms with Crippen LogP contribution in [0.4, 0.5) is 0 Å². The lowest BCUT2D eigenvalue weighted by Gasteiger charge is -2.05. The summed E-state index contributed by atoms with van der Waals surface area (Å²) in [6.07, 6.45) is 3.67. The molecule has 0 aromatic carbocycles. The second kappa shape index (κ2) is 5.52. The summed E-state index contributed by atoms with van der Waals surface area (Å²) in [5.41, 5.74) is 2.86. The molecule has 3 heterocycles. The number of nitrogens with zero attached hydrogens (tertiary/aromatic N) is 4. The normalized spacial score (nSPS) is 10.9. The van der Waals surface area contributed by atoms with Gasteiger partial charge >= 0.3 is 0 Å². The van der Waals surface area contributed by atoms with Gasteiger partial charge in [0.2, 0.25) is 0 Å². The highest BCUT2D eigenvalue weighted by Crippen LogP contribution is 2.25. The fourth-order valence-electron chi connectivity index (χ4n) is 1.90. The predicted molar refractivity (Wildman–Crippen MR) is 77.9 cm³/mol. The minimum Gasteiger partial charge on any atom is -0.378 e. The van der Waals surface area contributed by atoms with E-state index in [1.165, 1.54) is 0 Å². The van der Waals surface area contributed by atoms with Gasteiger partial charge in [-0.3, -0.25) is 0 Å². The molecule has 0 radical (unpaired) electrons. The van der Waals surface area contributed by atoms with Crippen LogP contribution in [-0.4, -0.2) is 26.9 Å². The van der Waals surface area contributed by atoms with E-state index in [2.05, 4.69) is 21.1 Å².